The Labute approximate surface area is 182 Å². The normalized spacial score (nSPS) is 23.5. The molecule has 9 heteroatoms. The molecule has 0 aliphatic heterocycles. The van der Waals surface area contributed by atoms with E-state index in [9.17, 15) is 18.7 Å². The number of anilines is 1. The zero-order valence-electron chi connectivity index (χ0n) is 16.8. The van der Waals surface area contributed by atoms with Crippen molar-refractivity contribution in [2.45, 2.75) is 37.8 Å². The Bertz CT molecular complexity index is 1070. The number of nitrogens with zero attached hydrogens (tertiary/aromatic N) is 2. The molecule has 4 N–H and O–H groups in total. The third kappa shape index (κ3) is 4.34. The van der Waals surface area contributed by atoms with E-state index >= 15 is 0 Å². The Hall–Kier alpha value is -2.75. The first kappa shape index (κ1) is 21.5. The summed E-state index contributed by atoms with van der Waals surface area (Å²) >= 11 is 0.991. The van der Waals surface area contributed by atoms with Crippen molar-refractivity contribution in [3.05, 3.63) is 64.9 Å². The van der Waals surface area contributed by atoms with Gasteiger partial charge in [0.1, 0.15) is 22.3 Å². The molecule has 0 bridgehead atoms. The van der Waals surface area contributed by atoms with Gasteiger partial charge in [-0.3, -0.25) is 9.78 Å². The number of nitrogens with two attached hydrogens (primary N) is 1. The Morgan fingerprint density at radius 2 is 2.00 bits per heavy atom. The van der Waals surface area contributed by atoms with Crippen LogP contribution in [-0.4, -0.2) is 33.1 Å². The van der Waals surface area contributed by atoms with Crippen molar-refractivity contribution >= 4 is 22.9 Å². The monoisotopic (exact) mass is 444 g/mol. The fourth-order valence-corrected chi connectivity index (χ4v) is 4.92. The molecule has 0 unspecified atom stereocenters. The van der Waals surface area contributed by atoms with Gasteiger partial charge in [0.25, 0.3) is 5.91 Å². The molecule has 4 atom stereocenters. The minimum atomic E-state index is -0.735. The molecule has 6 nitrogen and oxygen atoms in total. The van der Waals surface area contributed by atoms with E-state index < -0.39 is 23.6 Å². The molecular formula is C22H22F2N4O2S. The summed E-state index contributed by atoms with van der Waals surface area (Å²) in [5.41, 5.74) is 7.31. The number of amides is 1. The van der Waals surface area contributed by atoms with Gasteiger partial charge >= 0.3 is 0 Å². The minimum Gasteiger partial charge on any atom is -0.391 e. The van der Waals surface area contributed by atoms with E-state index in [1.807, 2.05) is 13.0 Å². The van der Waals surface area contributed by atoms with Gasteiger partial charge in [-0.2, -0.15) is 0 Å². The molecule has 0 saturated heterocycles. The number of aliphatic hydroxyl groups is 1. The van der Waals surface area contributed by atoms with Crippen LogP contribution in [0.25, 0.3) is 10.6 Å². The van der Waals surface area contributed by atoms with Crippen LogP contribution in [0.4, 0.5) is 14.5 Å². The Kier molecular flexibility index (Phi) is 6.08. The third-order valence-corrected chi connectivity index (χ3v) is 6.55. The number of halogens is 2. The SMILES string of the molecule is C[C@H]1C[C@H](c2ccncc2NC(=O)c2csc(-c3c(F)cccc3F)n2)C[C@H](N)[C@H]1O. The van der Waals surface area contributed by atoms with Gasteiger partial charge in [0, 0.05) is 17.6 Å². The van der Waals surface area contributed by atoms with Crippen LogP contribution in [-0.2, 0) is 0 Å². The fraction of sp³-hybridized carbons (Fsp3) is 0.318. The lowest BCUT2D eigenvalue weighted by atomic mass is 9.74. The lowest BCUT2D eigenvalue weighted by Crippen LogP contribution is -2.44. The molecule has 31 heavy (non-hydrogen) atoms. The molecule has 162 valence electrons. The smallest absolute Gasteiger partial charge is 0.275 e. The number of carbonyl (C=O) groups is 1. The summed E-state index contributed by atoms with van der Waals surface area (Å²) < 4.78 is 28.1. The van der Waals surface area contributed by atoms with Gasteiger partial charge in [-0.05, 0) is 48.4 Å². The number of aromatic nitrogens is 2. The van der Waals surface area contributed by atoms with Crippen LogP contribution in [0.3, 0.4) is 0 Å². The summed E-state index contributed by atoms with van der Waals surface area (Å²) in [6.07, 6.45) is 3.97. The molecule has 4 rings (SSSR count). The van der Waals surface area contributed by atoms with Gasteiger partial charge < -0.3 is 16.2 Å². The van der Waals surface area contributed by atoms with Crippen molar-refractivity contribution in [3.63, 3.8) is 0 Å². The molecule has 3 aromatic rings. The number of benzene rings is 1. The summed E-state index contributed by atoms with van der Waals surface area (Å²) in [5.74, 6) is -1.88. The largest absolute Gasteiger partial charge is 0.391 e. The molecular weight excluding hydrogens is 422 g/mol. The quantitative estimate of drug-likeness (QED) is 0.566. The molecule has 0 radical (unpaired) electrons. The average Bonchev–Trinajstić information content (AvgIpc) is 3.22. The molecule has 2 heterocycles. The van der Waals surface area contributed by atoms with Crippen molar-refractivity contribution in [3.8, 4) is 10.6 Å². The second-order valence-corrected chi connectivity index (χ2v) is 8.71. The van der Waals surface area contributed by atoms with E-state index in [-0.39, 0.29) is 34.1 Å². The molecule has 1 aliphatic carbocycles. The number of aliphatic hydroxyl groups excluding tert-OH is 1. The first-order chi connectivity index (χ1) is 14.8. The topological polar surface area (TPSA) is 101 Å². The third-order valence-electron chi connectivity index (χ3n) is 5.69. The summed E-state index contributed by atoms with van der Waals surface area (Å²) in [6, 6.07) is 5.06. The highest BCUT2D eigenvalue weighted by Crippen LogP contribution is 2.38. The van der Waals surface area contributed by atoms with Gasteiger partial charge in [-0.15, -0.1) is 11.3 Å². The highest BCUT2D eigenvalue weighted by molar-refractivity contribution is 7.13. The Balaban J connectivity index is 1.56. The van der Waals surface area contributed by atoms with Crippen LogP contribution < -0.4 is 11.1 Å². The highest BCUT2D eigenvalue weighted by Gasteiger charge is 2.34. The lowest BCUT2D eigenvalue weighted by Gasteiger charge is -2.36. The first-order valence-corrected chi connectivity index (χ1v) is 10.8. The summed E-state index contributed by atoms with van der Waals surface area (Å²) in [7, 11) is 0. The first-order valence-electron chi connectivity index (χ1n) is 9.94. The standard InChI is InChI=1S/C22H22F2N4O2S/c1-11-7-12(8-16(25)20(11)29)13-5-6-26-9-17(13)27-21(30)18-10-31-22(28-18)19-14(23)3-2-4-15(19)24/h2-6,9-12,16,20,29H,7-8,25H2,1H3,(H,27,30)/t11-,12-,16-,20-/m0/s1. The van der Waals surface area contributed by atoms with Gasteiger partial charge in [0.15, 0.2) is 0 Å². The lowest BCUT2D eigenvalue weighted by molar-refractivity contribution is 0.0521. The average molecular weight is 445 g/mol. The number of thiazole rings is 1. The van der Waals surface area contributed by atoms with E-state index in [1.165, 1.54) is 11.4 Å². The summed E-state index contributed by atoms with van der Waals surface area (Å²) in [6.45, 7) is 1.95. The Morgan fingerprint density at radius 1 is 1.26 bits per heavy atom. The predicted molar refractivity (Wildman–Crippen MR) is 115 cm³/mol. The number of nitrogens with one attached hydrogen (secondary N) is 1. The maximum absolute atomic E-state index is 14.0. The number of pyridine rings is 1. The summed E-state index contributed by atoms with van der Waals surface area (Å²) in [4.78, 5) is 21.0. The van der Waals surface area contributed by atoms with E-state index in [1.54, 1.807) is 12.4 Å². The van der Waals surface area contributed by atoms with Crippen LogP contribution in [0.5, 0.6) is 0 Å². The highest BCUT2D eigenvalue weighted by atomic mass is 32.1. The fourth-order valence-electron chi connectivity index (χ4n) is 4.08. The molecule has 1 aromatic carbocycles. The van der Waals surface area contributed by atoms with Crippen molar-refractivity contribution in [2.75, 3.05) is 5.32 Å². The zero-order valence-corrected chi connectivity index (χ0v) is 17.6. The van der Waals surface area contributed by atoms with Gasteiger partial charge in [-0.25, -0.2) is 13.8 Å². The molecule has 1 saturated carbocycles. The van der Waals surface area contributed by atoms with Gasteiger partial charge in [-0.1, -0.05) is 13.0 Å². The Morgan fingerprint density at radius 3 is 2.71 bits per heavy atom. The number of rotatable bonds is 4. The van der Waals surface area contributed by atoms with E-state index in [4.69, 9.17) is 5.73 Å². The van der Waals surface area contributed by atoms with Crippen LogP contribution in [0.1, 0.15) is 41.7 Å². The number of hydrogen-bond donors (Lipinski definition) is 3. The second-order valence-electron chi connectivity index (χ2n) is 7.85. The minimum absolute atomic E-state index is 0.0298. The van der Waals surface area contributed by atoms with Gasteiger partial charge in [0.2, 0.25) is 0 Å². The van der Waals surface area contributed by atoms with E-state index in [2.05, 4.69) is 15.3 Å². The van der Waals surface area contributed by atoms with Crippen LogP contribution in [0.2, 0.25) is 0 Å². The molecule has 2 aromatic heterocycles. The molecule has 1 aliphatic rings. The maximum Gasteiger partial charge on any atom is 0.275 e. The van der Waals surface area contributed by atoms with E-state index in [0.717, 1.165) is 35.5 Å². The van der Waals surface area contributed by atoms with Crippen LogP contribution in [0.15, 0.2) is 42.0 Å². The van der Waals surface area contributed by atoms with E-state index in [0.29, 0.717) is 12.1 Å². The summed E-state index contributed by atoms with van der Waals surface area (Å²) in [5, 5.41) is 14.5. The molecule has 0 spiro atoms. The molecule has 1 fully saturated rings. The van der Waals surface area contributed by atoms with Crippen LogP contribution >= 0.6 is 11.3 Å². The van der Waals surface area contributed by atoms with Crippen molar-refractivity contribution in [1.82, 2.24) is 9.97 Å². The van der Waals surface area contributed by atoms with Crippen molar-refractivity contribution in [2.24, 2.45) is 11.7 Å². The maximum atomic E-state index is 14.0. The van der Waals surface area contributed by atoms with Gasteiger partial charge in [0.05, 0.1) is 23.6 Å². The van der Waals surface area contributed by atoms with Crippen LogP contribution in [0, 0.1) is 17.6 Å². The van der Waals surface area contributed by atoms with Crippen molar-refractivity contribution in [1.29, 1.82) is 0 Å². The van der Waals surface area contributed by atoms with Crippen molar-refractivity contribution < 1.29 is 18.7 Å². The number of hydrogen-bond acceptors (Lipinski definition) is 6. The predicted octanol–water partition coefficient (Wildman–Crippen LogP) is 3.94. The zero-order chi connectivity index (χ0) is 22.1. The molecule has 1 amide bonds. The second kappa shape index (κ2) is 8.78. The number of carbonyl (C=O) groups excluding carboxylic acids is 1.